The second kappa shape index (κ2) is 9.07. The van der Waals surface area contributed by atoms with Crippen LogP contribution in [-0.4, -0.2) is 45.1 Å². The Balaban J connectivity index is 1.15. The van der Waals surface area contributed by atoms with Crippen molar-refractivity contribution in [2.45, 2.75) is 18.4 Å². The Morgan fingerprint density at radius 3 is 2.32 bits per heavy atom. The van der Waals surface area contributed by atoms with Gasteiger partial charge in [-0.25, -0.2) is 14.2 Å². The highest BCUT2D eigenvalue weighted by Crippen LogP contribution is 2.36. The van der Waals surface area contributed by atoms with Crippen LogP contribution >= 0.6 is 0 Å². The van der Waals surface area contributed by atoms with Crippen molar-refractivity contribution >= 4 is 23.5 Å². The summed E-state index contributed by atoms with van der Waals surface area (Å²) >= 11 is 0. The van der Waals surface area contributed by atoms with Gasteiger partial charge in [-0.15, -0.1) is 0 Å². The standard InChI is InChI=1S/C26H19FN6O5/c27-17-6-2-15(3-7-17)21-29-22(38-32-21)16-4-9-19(10-5-16)37-20-11-8-18(14-28-20)33-13-1-12-26(33)23(34)30-25(36)31-24(26)35/h2-11,14H,1,12-13H2,(H2,30,31,34,35,36). The maximum Gasteiger partial charge on any atom is 0.328 e. The second-order valence-corrected chi connectivity index (χ2v) is 8.76. The third-order valence-corrected chi connectivity index (χ3v) is 6.47. The molecule has 0 saturated carbocycles. The van der Waals surface area contributed by atoms with Crippen molar-refractivity contribution < 1.29 is 28.0 Å². The fourth-order valence-electron chi connectivity index (χ4n) is 4.62. The summed E-state index contributed by atoms with van der Waals surface area (Å²) in [5.74, 6) is -0.174. The highest BCUT2D eigenvalue weighted by Gasteiger charge is 2.57. The highest BCUT2D eigenvalue weighted by molar-refractivity contribution is 6.24. The molecular weight excluding hydrogens is 495 g/mol. The van der Waals surface area contributed by atoms with Crippen LogP contribution in [0.5, 0.6) is 11.6 Å². The second-order valence-electron chi connectivity index (χ2n) is 8.76. The van der Waals surface area contributed by atoms with Crippen molar-refractivity contribution in [3.05, 3.63) is 72.7 Å². The summed E-state index contributed by atoms with van der Waals surface area (Å²) in [5.41, 5.74) is 0.370. The van der Waals surface area contributed by atoms with Gasteiger partial charge in [0.25, 0.3) is 17.7 Å². The van der Waals surface area contributed by atoms with Crippen molar-refractivity contribution in [2.75, 3.05) is 11.4 Å². The Labute approximate surface area is 214 Å². The first-order chi connectivity index (χ1) is 18.4. The molecule has 2 N–H and O–H groups in total. The van der Waals surface area contributed by atoms with Crippen molar-refractivity contribution in [1.29, 1.82) is 0 Å². The molecule has 2 saturated heterocycles. The van der Waals surface area contributed by atoms with Crippen LogP contribution in [0.25, 0.3) is 22.8 Å². The molecular formula is C26H19FN6O5. The number of ether oxygens (including phenoxy) is 1. The van der Waals surface area contributed by atoms with Gasteiger partial charge >= 0.3 is 6.03 Å². The number of halogens is 1. The summed E-state index contributed by atoms with van der Waals surface area (Å²) in [7, 11) is 0. The molecule has 190 valence electrons. The number of benzene rings is 2. The Morgan fingerprint density at radius 1 is 0.921 bits per heavy atom. The summed E-state index contributed by atoms with van der Waals surface area (Å²) in [4.78, 5) is 47.1. The SMILES string of the molecule is O=C1NC(=O)C2(CCCN2c2ccc(Oc3ccc(-c4nc(-c5ccc(F)cc5)no4)cc3)nc2)C(=O)N1. The number of imide groups is 2. The molecule has 0 radical (unpaired) electrons. The van der Waals surface area contributed by atoms with E-state index < -0.39 is 23.4 Å². The molecule has 12 heteroatoms. The average Bonchev–Trinajstić information content (AvgIpc) is 3.58. The zero-order chi connectivity index (χ0) is 26.3. The number of nitrogens with zero attached hydrogens (tertiary/aromatic N) is 4. The summed E-state index contributed by atoms with van der Waals surface area (Å²) in [6.07, 6.45) is 2.40. The molecule has 1 spiro atoms. The summed E-state index contributed by atoms with van der Waals surface area (Å²) in [6, 6.07) is 15.2. The molecule has 0 aliphatic carbocycles. The van der Waals surface area contributed by atoms with Crippen LogP contribution < -0.4 is 20.3 Å². The van der Waals surface area contributed by atoms with Gasteiger partial charge in [0, 0.05) is 23.7 Å². The van der Waals surface area contributed by atoms with Gasteiger partial charge in [0.1, 0.15) is 11.6 Å². The number of amides is 4. The molecule has 0 atom stereocenters. The molecule has 0 bridgehead atoms. The van der Waals surface area contributed by atoms with E-state index in [0.717, 1.165) is 0 Å². The lowest BCUT2D eigenvalue weighted by molar-refractivity contribution is -0.137. The number of urea groups is 1. The maximum absolute atomic E-state index is 13.2. The molecule has 2 aromatic heterocycles. The normalized spacial score (nSPS) is 16.4. The molecule has 2 aromatic carbocycles. The molecule has 2 aliphatic heterocycles. The van der Waals surface area contributed by atoms with E-state index >= 15 is 0 Å². The van der Waals surface area contributed by atoms with Crippen LogP contribution in [0.3, 0.4) is 0 Å². The van der Waals surface area contributed by atoms with Gasteiger partial charge in [-0.3, -0.25) is 20.2 Å². The van der Waals surface area contributed by atoms with Crippen molar-refractivity contribution in [1.82, 2.24) is 25.8 Å². The van der Waals surface area contributed by atoms with E-state index in [1.165, 1.54) is 18.3 Å². The third kappa shape index (κ3) is 4.01. The minimum absolute atomic E-state index is 0.286. The van der Waals surface area contributed by atoms with Crippen molar-refractivity contribution in [2.24, 2.45) is 0 Å². The van der Waals surface area contributed by atoms with Gasteiger partial charge in [-0.05, 0) is 67.4 Å². The van der Waals surface area contributed by atoms with Gasteiger partial charge in [-0.1, -0.05) is 5.16 Å². The van der Waals surface area contributed by atoms with Gasteiger partial charge in [0.05, 0.1) is 11.9 Å². The monoisotopic (exact) mass is 514 g/mol. The van der Waals surface area contributed by atoms with Crippen LogP contribution in [-0.2, 0) is 9.59 Å². The number of aromatic nitrogens is 3. The van der Waals surface area contributed by atoms with Gasteiger partial charge in [0.2, 0.25) is 11.7 Å². The lowest BCUT2D eigenvalue weighted by Gasteiger charge is -2.38. The van der Waals surface area contributed by atoms with Crippen LogP contribution in [0.4, 0.5) is 14.9 Å². The fraction of sp³-hybridized carbons (Fsp3) is 0.154. The molecule has 2 fully saturated rings. The van der Waals surface area contributed by atoms with E-state index in [1.807, 2.05) is 0 Å². The molecule has 38 heavy (non-hydrogen) atoms. The largest absolute Gasteiger partial charge is 0.439 e. The first-order valence-corrected chi connectivity index (χ1v) is 11.7. The number of rotatable bonds is 5. The van der Waals surface area contributed by atoms with Gasteiger partial charge < -0.3 is 14.2 Å². The molecule has 6 rings (SSSR count). The number of carbonyl (C=O) groups excluding carboxylic acids is 3. The number of hydrogen-bond donors (Lipinski definition) is 2. The van der Waals surface area contributed by atoms with Gasteiger partial charge in [-0.2, -0.15) is 4.98 Å². The van der Waals surface area contributed by atoms with Crippen molar-refractivity contribution in [3.8, 4) is 34.5 Å². The van der Waals surface area contributed by atoms with Crippen LogP contribution in [0, 0.1) is 5.82 Å². The van der Waals surface area contributed by atoms with Crippen molar-refractivity contribution in [3.63, 3.8) is 0 Å². The van der Waals surface area contributed by atoms with E-state index in [2.05, 4.69) is 25.8 Å². The quantitative estimate of drug-likeness (QED) is 0.383. The smallest absolute Gasteiger partial charge is 0.328 e. The first-order valence-electron chi connectivity index (χ1n) is 11.7. The highest BCUT2D eigenvalue weighted by atomic mass is 19.1. The molecule has 11 nitrogen and oxygen atoms in total. The molecule has 0 unspecified atom stereocenters. The van der Waals surface area contributed by atoms with E-state index in [0.29, 0.717) is 53.1 Å². The van der Waals surface area contributed by atoms with E-state index in [4.69, 9.17) is 9.26 Å². The lowest BCUT2D eigenvalue weighted by Crippen LogP contribution is -2.71. The lowest BCUT2D eigenvalue weighted by atomic mass is 9.92. The van der Waals surface area contributed by atoms with Crippen LogP contribution in [0.1, 0.15) is 12.8 Å². The summed E-state index contributed by atoms with van der Waals surface area (Å²) in [6.45, 7) is 0.455. The Bertz CT molecular complexity index is 1520. The summed E-state index contributed by atoms with van der Waals surface area (Å²) < 4.78 is 24.3. The molecule has 4 heterocycles. The number of hydrogen-bond acceptors (Lipinski definition) is 9. The molecule has 4 aromatic rings. The molecule has 4 amide bonds. The first kappa shape index (κ1) is 23.3. The van der Waals surface area contributed by atoms with E-state index in [9.17, 15) is 18.8 Å². The average molecular weight is 514 g/mol. The summed E-state index contributed by atoms with van der Waals surface area (Å²) in [5, 5.41) is 8.33. The Kier molecular flexibility index (Phi) is 5.56. The van der Waals surface area contributed by atoms with Gasteiger partial charge in [0.15, 0.2) is 5.54 Å². The van der Waals surface area contributed by atoms with E-state index in [1.54, 1.807) is 53.4 Å². The zero-order valence-corrected chi connectivity index (χ0v) is 19.7. The van der Waals surface area contributed by atoms with Crippen LogP contribution in [0.15, 0.2) is 71.4 Å². The topological polar surface area (TPSA) is 140 Å². The number of carbonyl (C=O) groups is 3. The van der Waals surface area contributed by atoms with Crippen LogP contribution in [0.2, 0.25) is 0 Å². The zero-order valence-electron chi connectivity index (χ0n) is 19.7. The fourth-order valence-corrected chi connectivity index (χ4v) is 4.62. The number of pyridine rings is 1. The predicted molar refractivity (Wildman–Crippen MR) is 130 cm³/mol. The minimum atomic E-state index is -1.49. The molecule has 2 aliphatic rings. The third-order valence-electron chi connectivity index (χ3n) is 6.47. The Morgan fingerprint density at radius 2 is 1.63 bits per heavy atom. The maximum atomic E-state index is 13.2. The number of anilines is 1. The number of barbiturate groups is 1. The Hall–Kier alpha value is -5.13. The van der Waals surface area contributed by atoms with E-state index in [-0.39, 0.29) is 12.2 Å². The minimum Gasteiger partial charge on any atom is -0.439 e. The predicted octanol–water partition coefficient (Wildman–Crippen LogP) is 3.44. The number of nitrogens with one attached hydrogen (secondary N) is 2.